The Hall–Kier alpha value is -1.94. The Morgan fingerprint density at radius 2 is 1.10 bits per heavy atom. The molecule has 0 N–H and O–H groups in total. The number of hydrogen-bond acceptors (Lipinski definition) is 7. The van der Waals surface area contributed by atoms with Crippen LogP contribution in [-0.4, -0.2) is 28.6 Å². The van der Waals surface area contributed by atoms with Gasteiger partial charge in [-0.15, -0.1) is 0 Å². The fraction of sp³-hybridized carbons (Fsp3) is 0.300. The zero-order chi connectivity index (χ0) is 23.1. The maximum absolute atomic E-state index is 11.9. The normalized spacial score (nSPS) is 11.7. The molecule has 0 atom stereocenters. The van der Waals surface area contributed by atoms with Gasteiger partial charge >= 0.3 is 17.1 Å². The summed E-state index contributed by atoms with van der Waals surface area (Å²) < 4.78 is 1.65. The largest absolute Gasteiger partial charge is 3.00 e. The Labute approximate surface area is 208 Å². The van der Waals surface area contributed by atoms with Crippen molar-refractivity contribution in [1.82, 2.24) is 0 Å². The molecule has 2 aromatic rings. The maximum Gasteiger partial charge on any atom is 3.00 e. The average Bonchev–Trinajstić information content (AvgIpc) is 2.62. The van der Waals surface area contributed by atoms with Crippen molar-refractivity contribution in [3.8, 4) is 11.5 Å². The molecule has 2 rings (SSSR count). The first-order valence-corrected chi connectivity index (χ1v) is 10.2. The van der Waals surface area contributed by atoms with Crippen molar-refractivity contribution in [2.75, 3.05) is 0 Å². The van der Waals surface area contributed by atoms with Gasteiger partial charge in [0.25, 0.3) is 0 Å². The summed E-state index contributed by atoms with van der Waals surface area (Å²) in [6, 6.07) is 9.90. The van der Waals surface area contributed by atoms with E-state index in [0.29, 0.717) is 11.1 Å². The van der Waals surface area contributed by atoms with Crippen molar-refractivity contribution in [1.29, 1.82) is 0 Å². The van der Waals surface area contributed by atoms with Gasteiger partial charge in [0.1, 0.15) is 0 Å². The van der Waals surface area contributed by atoms with E-state index in [1.165, 1.54) is 12.1 Å². The van der Waals surface area contributed by atoms with Crippen LogP contribution in [0.25, 0.3) is 0 Å². The molecule has 0 aromatic heterocycles. The molecule has 0 spiro atoms. The molecule has 0 aliphatic rings. The average molecular weight is 597 g/mol. The molecule has 0 fully saturated rings. The molecule has 166 valence electrons. The Morgan fingerprint density at radius 3 is 1.39 bits per heavy atom. The van der Waals surface area contributed by atoms with Crippen LogP contribution in [0.2, 0.25) is 0 Å². The van der Waals surface area contributed by atoms with E-state index < -0.39 is 16.2 Å². The predicted octanol–water partition coefficient (Wildman–Crippen LogP) is 4.21. The van der Waals surface area contributed by atoms with Crippen molar-refractivity contribution in [3.63, 3.8) is 0 Å². The van der Waals surface area contributed by atoms with Gasteiger partial charge in [0.15, 0.2) is 0 Å². The summed E-state index contributed by atoms with van der Waals surface area (Å²) in [6.45, 7) is 7.79. The van der Waals surface area contributed by atoms with E-state index in [-0.39, 0.29) is 28.6 Å². The number of nitrogens with zero attached hydrogens (tertiary/aromatic N) is 3. The number of benzene rings is 2. The third-order valence-corrected chi connectivity index (χ3v) is 5.48. The minimum atomic E-state index is -1.75. The fourth-order valence-corrected chi connectivity index (χ4v) is 2.78. The molecule has 8 nitrogen and oxygen atoms in total. The van der Waals surface area contributed by atoms with Gasteiger partial charge in [0, 0.05) is 21.4 Å². The Bertz CT molecular complexity index is 890. The van der Waals surface area contributed by atoms with Crippen LogP contribution in [0.1, 0.15) is 38.8 Å². The van der Waals surface area contributed by atoms with E-state index in [4.69, 9.17) is 15.3 Å². The second-order valence-corrected chi connectivity index (χ2v) is 9.05. The molecule has 0 aliphatic heterocycles. The Morgan fingerprint density at radius 1 is 0.806 bits per heavy atom. The van der Waals surface area contributed by atoms with E-state index in [1.54, 1.807) is 36.7 Å². The molecule has 2 aromatic carbocycles. The molecule has 11 heteroatoms. The van der Waals surface area contributed by atoms with Crippen LogP contribution >= 0.6 is 31.9 Å². The molecule has 31 heavy (non-hydrogen) atoms. The van der Waals surface area contributed by atoms with Crippen LogP contribution in [0.5, 0.6) is 11.5 Å². The van der Waals surface area contributed by atoms with Crippen molar-refractivity contribution < 1.29 is 32.4 Å². The number of rotatable bonds is 5. The van der Waals surface area contributed by atoms with Gasteiger partial charge in [-0.1, -0.05) is 55.5 Å². The topological polar surface area (TPSA) is 137 Å². The first-order valence-electron chi connectivity index (χ1n) is 8.60. The molecular formula is C20H20Br2MnN3O5. The molecule has 0 saturated heterocycles. The fourth-order valence-electron chi connectivity index (χ4n) is 2.02. The molecular weight excluding hydrogens is 577 g/mol. The SMILES string of the molecule is CC(C)(N=Cc1cc(Br)ccc1[O-])C(C)(C)N=Cc1cc(Br)ccc1[O-].O=[N+]([O-])[O-].[Mn+3]. The summed E-state index contributed by atoms with van der Waals surface area (Å²) in [4.78, 5) is 17.5. The predicted molar refractivity (Wildman–Crippen MR) is 121 cm³/mol. The van der Waals surface area contributed by atoms with Gasteiger partial charge in [0.2, 0.25) is 0 Å². The van der Waals surface area contributed by atoms with E-state index in [1.807, 2.05) is 27.7 Å². The molecule has 0 aliphatic carbocycles. The Balaban J connectivity index is 0.00000165. The van der Waals surface area contributed by atoms with E-state index in [9.17, 15) is 10.2 Å². The second kappa shape index (κ2) is 12.2. The van der Waals surface area contributed by atoms with Crippen molar-refractivity contribution in [3.05, 3.63) is 71.8 Å². The summed E-state index contributed by atoms with van der Waals surface area (Å²) in [5.41, 5.74) is -0.150. The van der Waals surface area contributed by atoms with Crippen LogP contribution in [0.15, 0.2) is 55.3 Å². The number of aliphatic imine (C=N–C) groups is 2. The molecule has 0 bridgehead atoms. The molecule has 0 amide bonds. The van der Waals surface area contributed by atoms with Crippen molar-refractivity contribution in [2.24, 2.45) is 9.98 Å². The third-order valence-electron chi connectivity index (χ3n) is 4.49. The zero-order valence-electron chi connectivity index (χ0n) is 17.1. The van der Waals surface area contributed by atoms with Crippen LogP contribution in [-0.2, 0) is 17.1 Å². The smallest absolute Gasteiger partial charge is 0.872 e. The van der Waals surface area contributed by atoms with E-state index >= 15 is 0 Å². The van der Waals surface area contributed by atoms with Gasteiger partial charge in [-0.05, 0) is 63.1 Å². The summed E-state index contributed by atoms with van der Waals surface area (Å²) in [5, 5.41) is 38.6. The minimum absolute atomic E-state index is 0. The first-order chi connectivity index (χ1) is 13.7. The summed E-state index contributed by atoms with van der Waals surface area (Å²) in [7, 11) is 0. The Kier molecular flexibility index (Phi) is 11.4. The van der Waals surface area contributed by atoms with E-state index in [2.05, 4.69) is 41.8 Å². The molecule has 0 unspecified atom stereocenters. The number of halogens is 2. The molecule has 0 radical (unpaired) electrons. The first kappa shape index (κ1) is 29.1. The minimum Gasteiger partial charge on any atom is -0.872 e. The maximum atomic E-state index is 11.9. The van der Waals surface area contributed by atoms with Crippen LogP contribution in [0.4, 0.5) is 0 Å². The van der Waals surface area contributed by atoms with Crippen LogP contribution < -0.4 is 10.2 Å². The summed E-state index contributed by atoms with van der Waals surface area (Å²) >= 11 is 6.72. The van der Waals surface area contributed by atoms with Crippen molar-refractivity contribution >= 4 is 44.3 Å². The molecule has 0 heterocycles. The summed E-state index contributed by atoms with van der Waals surface area (Å²) in [6.07, 6.45) is 3.17. The van der Waals surface area contributed by atoms with E-state index in [0.717, 1.165) is 8.95 Å². The van der Waals surface area contributed by atoms with Crippen LogP contribution in [0.3, 0.4) is 0 Å². The van der Waals surface area contributed by atoms with Gasteiger partial charge in [-0.3, -0.25) is 9.98 Å². The second-order valence-electron chi connectivity index (χ2n) is 7.22. The summed E-state index contributed by atoms with van der Waals surface area (Å²) in [5.74, 6) is -0.168. The third kappa shape index (κ3) is 9.39. The number of hydrogen-bond donors (Lipinski definition) is 0. The van der Waals surface area contributed by atoms with Crippen molar-refractivity contribution in [2.45, 2.75) is 38.8 Å². The van der Waals surface area contributed by atoms with Crippen LogP contribution in [0, 0.1) is 15.3 Å². The standard InChI is InChI=1S/C20H22Br2N2O2.Mn.NO3/c1-19(2,23-11-13-9-15(21)5-7-17(13)25)20(3,4)24-12-14-10-16(22)6-8-18(14)26;;2-1(3)4/h5-12,25-26H,1-4H3;;/q;+3;-1/p-2. The van der Waals surface area contributed by atoms with Gasteiger partial charge in [-0.2, -0.15) is 0 Å². The zero-order valence-corrected chi connectivity index (χ0v) is 21.5. The monoisotopic (exact) mass is 595 g/mol. The van der Waals surface area contributed by atoms with Gasteiger partial charge in [0.05, 0.1) is 16.2 Å². The van der Waals surface area contributed by atoms with Gasteiger partial charge in [-0.25, -0.2) is 0 Å². The van der Waals surface area contributed by atoms with Gasteiger partial charge < -0.3 is 25.5 Å². The molecule has 0 saturated carbocycles. The quantitative estimate of drug-likeness (QED) is 0.220.